The molecule has 1 aliphatic heterocycles. The number of nitrogens with one attached hydrogen (secondary N) is 1. The third kappa shape index (κ3) is 3.40. The van der Waals surface area contributed by atoms with E-state index in [0.717, 1.165) is 31.0 Å². The molecule has 2 aliphatic rings. The molecule has 9 heteroatoms. The number of carbonyl (C=O) groups excluding carboxylic acids is 1. The van der Waals surface area contributed by atoms with Crippen molar-refractivity contribution in [1.82, 2.24) is 5.32 Å². The number of rotatable bonds is 4. The van der Waals surface area contributed by atoms with Crippen LogP contribution in [0.4, 0.5) is 4.39 Å². The van der Waals surface area contributed by atoms with Gasteiger partial charge >= 0.3 is 0 Å². The third-order valence-electron chi connectivity index (χ3n) is 4.05. The first-order valence-corrected chi connectivity index (χ1v) is 10.6. The molecule has 2 fully saturated rings. The van der Waals surface area contributed by atoms with E-state index >= 15 is 0 Å². The first-order valence-electron chi connectivity index (χ1n) is 7.24. The van der Waals surface area contributed by atoms with Crippen molar-refractivity contribution in [2.24, 2.45) is 0 Å². The minimum absolute atomic E-state index is 0.0159. The van der Waals surface area contributed by atoms with Crippen molar-refractivity contribution in [2.45, 2.75) is 35.4 Å². The van der Waals surface area contributed by atoms with Gasteiger partial charge in [0.1, 0.15) is 5.82 Å². The highest BCUT2D eigenvalue weighted by Crippen LogP contribution is 2.27. The zero-order chi connectivity index (χ0) is 16.8. The van der Waals surface area contributed by atoms with Gasteiger partial charge in [-0.25, -0.2) is 21.2 Å². The Bertz CT molecular complexity index is 859. The topological polar surface area (TPSA) is 97.4 Å². The van der Waals surface area contributed by atoms with Crippen LogP contribution in [0.5, 0.6) is 0 Å². The molecule has 3 rings (SSSR count). The molecule has 1 N–H and O–H groups in total. The van der Waals surface area contributed by atoms with Crippen LogP contribution in [-0.2, 0) is 19.7 Å². The maximum absolute atomic E-state index is 13.8. The van der Waals surface area contributed by atoms with Crippen LogP contribution in [0.3, 0.4) is 0 Å². The summed E-state index contributed by atoms with van der Waals surface area (Å²) in [6.45, 7) is 0. The molecule has 0 aromatic heterocycles. The predicted molar refractivity (Wildman–Crippen MR) is 81.1 cm³/mol. The van der Waals surface area contributed by atoms with Gasteiger partial charge in [-0.2, -0.15) is 0 Å². The van der Waals surface area contributed by atoms with Crippen molar-refractivity contribution in [3.8, 4) is 0 Å². The third-order valence-corrected chi connectivity index (χ3v) is 8.22. The lowest BCUT2D eigenvalue weighted by atomic mass is 10.2. The summed E-state index contributed by atoms with van der Waals surface area (Å²) in [4.78, 5) is 11.8. The molecule has 1 aliphatic carbocycles. The van der Waals surface area contributed by atoms with Gasteiger partial charge in [0.15, 0.2) is 19.7 Å². The zero-order valence-electron chi connectivity index (χ0n) is 12.2. The van der Waals surface area contributed by atoms with E-state index in [0.29, 0.717) is 0 Å². The second-order valence-corrected chi connectivity index (χ2v) is 10.4. The molecular formula is C14H16FNO5S2. The van der Waals surface area contributed by atoms with Gasteiger partial charge in [-0.3, -0.25) is 4.79 Å². The lowest BCUT2D eigenvalue weighted by molar-refractivity contribution is 0.0947. The Morgan fingerprint density at radius 2 is 1.91 bits per heavy atom. The average Bonchev–Trinajstić information content (AvgIpc) is 3.19. The van der Waals surface area contributed by atoms with E-state index in [2.05, 4.69) is 5.32 Å². The Balaban J connectivity index is 1.91. The van der Waals surface area contributed by atoms with Crippen LogP contribution in [0.25, 0.3) is 0 Å². The summed E-state index contributed by atoms with van der Waals surface area (Å²) in [5.74, 6) is -2.06. The van der Waals surface area contributed by atoms with E-state index < -0.39 is 42.4 Å². The van der Waals surface area contributed by atoms with Crippen molar-refractivity contribution in [3.63, 3.8) is 0 Å². The molecule has 1 heterocycles. The highest BCUT2D eigenvalue weighted by molar-refractivity contribution is 7.96. The molecule has 6 nitrogen and oxygen atoms in total. The number of hydrogen-bond donors (Lipinski definition) is 1. The molecule has 0 radical (unpaired) electrons. The fraction of sp³-hybridized carbons (Fsp3) is 0.500. The van der Waals surface area contributed by atoms with Gasteiger partial charge in [-0.15, -0.1) is 0 Å². The lowest BCUT2D eigenvalue weighted by Gasteiger charge is -2.12. The molecule has 1 amide bonds. The number of halogens is 1. The summed E-state index contributed by atoms with van der Waals surface area (Å²) < 4.78 is 61.9. The number of sulfone groups is 2. The van der Waals surface area contributed by atoms with Crippen LogP contribution in [-0.4, -0.2) is 45.5 Å². The van der Waals surface area contributed by atoms with Gasteiger partial charge in [-0.05, 0) is 37.5 Å². The molecular weight excluding hydrogens is 345 g/mol. The molecule has 23 heavy (non-hydrogen) atoms. The van der Waals surface area contributed by atoms with E-state index in [4.69, 9.17) is 0 Å². The monoisotopic (exact) mass is 361 g/mol. The minimum atomic E-state index is -3.92. The summed E-state index contributed by atoms with van der Waals surface area (Å²) >= 11 is 0. The van der Waals surface area contributed by atoms with Crippen molar-refractivity contribution >= 4 is 25.6 Å². The summed E-state index contributed by atoms with van der Waals surface area (Å²) in [5.41, 5.74) is -0.334. The Labute approximate surface area is 133 Å². The molecule has 0 spiro atoms. The average molecular weight is 361 g/mol. The summed E-state index contributed by atoms with van der Waals surface area (Å²) in [7, 11) is -7.28. The molecule has 1 atom stereocenters. The fourth-order valence-electron chi connectivity index (χ4n) is 2.54. The number of hydrogen-bond acceptors (Lipinski definition) is 5. The lowest BCUT2D eigenvalue weighted by Crippen LogP contribution is -2.27. The van der Waals surface area contributed by atoms with Gasteiger partial charge < -0.3 is 5.32 Å². The molecule has 0 unspecified atom stereocenters. The van der Waals surface area contributed by atoms with Crippen LogP contribution in [0, 0.1) is 5.82 Å². The van der Waals surface area contributed by atoms with Gasteiger partial charge in [0.25, 0.3) is 5.91 Å². The van der Waals surface area contributed by atoms with E-state index in [-0.39, 0.29) is 28.7 Å². The van der Waals surface area contributed by atoms with Crippen LogP contribution >= 0.6 is 0 Å². The fourth-order valence-corrected chi connectivity index (χ4v) is 6.93. The van der Waals surface area contributed by atoms with E-state index in [1.807, 2.05) is 0 Å². The van der Waals surface area contributed by atoms with Crippen molar-refractivity contribution in [3.05, 3.63) is 29.6 Å². The second-order valence-electron chi connectivity index (χ2n) is 5.96. The SMILES string of the molecule is O=C(NC1CC1)c1cc(S(=O)(=O)[C@H]2CCS(=O)(=O)C2)ccc1F. The van der Waals surface area contributed by atoms with Crippen LogP contribution in [0.15, 0.2) is 23.1 Å². The molecule has 0 bridgehead atoms. The Morgan fingerprint density at radius 3 is 2.48 bits per heavy atom. The van der Waals surface area contributed by atoms with E-state index in [1.54, 1.807) is 0 Å². The highest BCUT2D eigenvalue weighted by Gasteiger charge is 2.38. The van der Waals surface area contributed by atoms with Crippen LogP contribution in [0.1, 0.15) is 29.6 Å². The van der Waals surface area contributed by atoms with Crippen LogP contribution < -0.4 is 5.32 Å². The highest BCUT2D eigenvalue weighted by atomic mass is 32.2. The van der Waals surface area contributed by atoms with Crippen molar-refractivity contribution in [2.75, 3.05) is 11.5 Å². The van der Waals surface area contributed by atoms with E-state index in [9.17, 15) is 26.0 Å². The molecule has 126 valence electrons. The van der Waals surface area contributed by atoms with Gasteiger partial charge in [-0.1, -0.05) is 0 Å². The summed E-state index contributed by atoms with van der Waals surface area (Å²) in [6.07, 6.45) is 1.67. The summed E-state index contributed by atoms with van der Waals surface area (Å²) in [5, 5.41) is 1.56. The number of carbonyl (C=O) groups is 1. The van der Waals surface area contributed by atoms with Crippen molar-refractivity contribution in [1.29, 1.82) is 0 Å². The minimum Gasteiger partial charge on any atom is -0.349 e. The Hall–Kier alpha value is -1.48. The van der Waals surface area contributed by atoms with Gasteiger partial charge in [0.05, 0.1) is 27.2 Å². The van der Waals surface area contributed by atoms with E-state index in [1.165, 1.54) is 0 Å². The number of amides is 1. The molecule has 1 aromatic carbocycles. The maximum atomic E-state index is 13.8. The van der Waals surface area contributed by atoms with Crippen molar-refractivity contribution < 1.29 is 26.0 Å². The normalized spacial score (nSPS) is 23.6. The number of benzene rings is 1. The quantitative estimate of drug-likeness (QED) is 0.796. The largest absolute Gasteiger partial charge is 0.349 e. The predicted octanol–water partition coefficient (Wildman–Crippen LogP) is 0.679. The first-order chi connectivity index (χ1) is 10.7. The van der Waals surface area contributed by atoms with Crippen LogP contribution in [0.2, 0.25) is 0 Å². The molecule has 1 saturated heterocycles. The smallest absolute Gasteiger partial charge is 0.254 e. The zero-order valence-corrected chi connectivity index (χ0v) is 13.8. The standard InChI is InChI=1S/C14H16FNO5S2/c15-13-4-3-10(7-12(13)14(17)16-9-1-2-9)23(20,21)11-5-6-22(18,19)8-11/h3-4,7,9,11H,1-2,5-6,8H2,(H,16,17)/t11-/m0/s1. The van der Waals surface area contributed by atoms with Gasteiger partial charge in [0.2, 0.25) is 0 Å². The Kier molecular flexibility index (Phi) is 3.96. The van der Waals surface area contributed by atoms with Gasteiger partial charge in [0, 0.05) is 6.04 Å². The first kappa shape index (κ1) is 16.4. The molecule has 1 saturated carbocycles. The Morgan fingerprint density at radius 1 is 1.22 bits per heavy atom. The summed E-state index contributed by atoms with van der Waals surface area (Å²) in [6, 6.07) is 3.01. The maximum Gasteiger partial charge on any atom is 0.254 e. The molecule has 1 aromatic rings. The second kappa shape index (κ2) is 5.55.